The number of aryl methyl sites for hydroxylation is 2. The number of phenolic OH excluding ortho intramolecular Hbond substituents is 1. The van der Waals surface area contributed by atoms with Gasteiger partial charge in [-0.05, 0) is 62.6 Å². The van der Waals surface area contributed by atoms with Crippen molar-refractivity contribution in [1.82, 2.24) is 0 Å². The van der Waals surface area contributed by atoms with E-state index in [1.807, 2.05) is 52.0 Å². The van der Waals surface area contributed by atoms with Crippen LogP contribution in [0.1, 0.15) is 36.6 Å². The van der Waals surface area contributed by atoms with Gasteiger partial charge in [-0.25, -0.2) is 0 Å². The summed E-state index contributed by atoms with van der Waals surface area (Å²) in [5.74, 6) is -0.172. The van der Waals surface area contributed by atoms with Gasteiger partial charge in [0.15, 0.2) is 0 Å². The summed E-state index contributed by atoms with van der Waals surface area (Å²) >= 11 is 6.00. The number of phenols is 1. The number of hydrogen-bond donors (Lipinski definition) is 2. The highest BCUT2D eigenvalue weighted by molar-refractivity contribution is 6.30. The zero-order chi connectivity index (χ0) is 18.8. The maximum atomic E-state index is 12.4. The van der Waals surface area contributed by atoms with Gasteiger partial charge in [0.25, 0.3) is 0 Å². The number of halogens is 1. The molecule has 0 radical (unpaired) electrons. The molecule has 25 heavy (non-hydrogen) atoms. The lowest BCUT2D eigenvalue weighted by atomic mass is 9.80. The number of benzene rings is 2. The minimum atomic E-state index is -0.868. The van der Waals surface area contributed by atoms with E-state index in [1.165, 1.54) is 7.11 Å². The second-order valence-corrected chi connectivity index (χ2v) is 7.26. The van der Waals surface area contributed by atoms with Gasteiger partial charge in [-0.15, -0.1) is 0 Å². The molecule has 0 bridgehead atoms. The number of carbonyl (C=O) groups excluding carboxylic acids is 1. The molecule has 134 valence electrons. The van der Waals surface area contributed by atoms with E-state index in [-0.39, 0.29) is 11.7 Å². The average molecular weight is 362 g/mol. The van der Waals surface area contributed by atoms with Gasteiger partial charge < -0.3 is 15.2 Å². The molecule has 2 aromatic carbocycles. The van der Waals surface area contributed by atoms with E-state index in [0.717, 1.165) is 16.7 Å². The van der Waals surface area contributed by atoms with Crippen LogP contribution in [0.4, 0.5) is 5.69 Å². The fourth-order valence-corrected chi connectivity index (χ4v) is 3.07. The molecular weight excluding hydrogens is 338 g/mol. The van der Waals surface area contributed by atoms with Crippen LogP contribution in [-0.2, 0) is 9.53 Å². The second-order valence-electron chi connectivity index (χ2n) is 6.82. The lowest BCUT2D eigenvalue weighted by molar-refractivity contribution is -0.151. The van der Waals surface area contributed by atoms with Crippen LogP contribution in [0, 0.1) is 19.3 Å². The van der Waals surface area contributed by atoms with Crippen molar-refractivity contribution in [2.45, 2.75) is 33.7 Å². The van der Waals surface area contributed by atoms with Crippen molar-refractivity contribution >= 4 is 23.3 Å². The van der Waals surface area contributed by atoms with E-state index in [9.17, 15) is 9.90 Å². The van der Waals surface area contributed by atoms with Crippen molar-refractivity contribution in [3.8, 4) is 5.75 Å². The van der Waals surface area contributed by atoms with E-state index >= 15 is 0 Å². The third-order valence-corrected chi connectivity index (χ3v) is 4.63. The van der Waals surface area contributed by atoms with Crippen molar-refractivity contribution in [3.05, 3.63) is 58.1 Å². The molecule has 1 atom stereocenters. The number of anilines is 1. The maximum Gasteiger partial charge on any atom is 0.313 e. The number of aromatic hydroxyl groups is 1. The van der Waals surface area contributed by atoms with Gasteiger partial charge in [-0.3, -0.25) is 4.79 Å². The van der Waals surface area contributed by atoms with Crippen molar-refractivity contribution < 1.29 is 14.6 Å². The molecule has 4 nitrogen and oxygen atoms in total. The van der Waals surface area contributed by atoms with E-state index in [0.29, 0.717) is 10.7 Å². The van der Waals surface area contributed by atoms with Gasteiger partial charge in [-0.1, -0.05) is 29.8 Å². The molecule has 0 saturated carbocycles. The van der Waals surface area contributed by atoms with Crippen LogP contribution in [-0.4, -0.2) is 18.2 Å². The number of ether oxygens (including phenoxy) is 1. The Balaban J connectivity index is 2.52. The number of carbonyl (C=O) groups is 1. The Labute approximate surface area is 153 Å². The van der Waals surface area contributed by atoms with Crippen LogP contribution < -0.4 is 5.32 Å². The average Bonchev–Trinajstić information content (AvgIpc) is 2.56. The molecule has 0 spiro atoms. The van der Waals surface area contributed by atoms with Gasteiger partial charge in [0.05, 0.1) is 24.3 Å². The van der Waals surface area contributed by atoms with Crippen LogP contribution in [0.15, 0.2) is 36.4 Å². The van der Waals surface area contributed by atoms with Crippen LogP contribution in [0.2, 0.25) is 5.02 Å². The summed E-state index contributed by atoms with van der Waals surface area (Å²) in [6.45, 7) is 7.42. The molecule has 2 aromatic rings. The van der Waals surface area contributed by atoms with Gasteiger partial charge in [0, 0.05) is 5.02 Å². The first-order valence-corrected chi connectivity index (χ1v) is 8.45. The molecule has 2 rings (SSSR count). The first-order chi connectivity index (χ1) is 11.7. The van der Waals surface area contributed by atoms with Gasteiger partial charge in [0.1, 0.15) is 5.75 Å². The summed E-state index contributed by atoms with van der Waals surface area (Å²) in [7, 11) is 1.37. The fourth-order valence-electron chi connectivity index (χ4n) is 2.94. The Morgan fingerprint density at radius 1 is 1.20 bits per heavy atom. The molecule has 0 fully saturated rings. The third-order valence-electron chi connectivity index (χ3n) is 4.38. The Kier molecular flexibility index (Phi) is 5.63. The van der Waals surface area contributed by atoms with Crippen molar-refractivity contribution in [2.24, 2.45) is 5.41 Å². The number of methoxy groups -OCH3 is 1. The zero-order valence-electron chi connectivity index (χ0n) is 15.2. The van der Waals surface area contributed by atoms with Crippen molar-refractivity contribution in [1.29, 1.82) is 0 Å². The lowest BCUT2D eigenvalue weighted by Gasteiger charge is -2.34. The smallest absolute Gasteiger partial charge is 0.313 e. The predicted octanol–water partition coefficient (Wildman–Crippen LogP) is 5.01. The summed E-state index contributed by atoms with van der Waals surface area (Å²) < 4.78 is 4.99. The molecule has 0 saturated heterocycles. The topological polar surface area (TPSA) is 58.6 Å². The highest BCUT2D eigenvalue weighted by atomic mass is 35.5. The van der Waals surface area contributed by atoms with Crippen molar-refractivity contribution in [3.63, 3.8) is 0 Å². The molecular formula is C20H24ClNO3. The minimum absolute atomic E-state index is 0.172. The van der Waals surface area contributed by atoms with Crippen LogP contribution in [0.25, 0.3) is 0 Å². The number of rotatable bonds is 5. The molecule has 0 unspecified atom stereocenters. The highest BCUT2D eigenvalue weighted by Gasteiger charge is 2.39. The van der Waals surface area contributed by atoms with E-state index in [1.54, 1.807) is 12.1 Å². The summed E-state index contributed by atoms with van der Waals surface area (Å²) in [5.41, 5.74) is 2.37. The van der Waals surface area contributed by atoms with E-state index < -0.39 is 11.5 Å². The Morgan fingerprint density at radius 3 is 2.36 bits per heavy atom. The summed E-state index contributed by atoms with van der Waals surface area (Å²) in [6.07, 6.45) is 0. The Bertz CT molecular complexity index is 769. The first-order valence-electron chi connectivity index (χ1n) is 8.07. The van der Waals surface area contributed by atoms with Crippen LogP contribution in [0.5, 0.6) is 5.75 Å². The molecule has 0 amide bonds. The van der Waals surface area contributed by atoms with Crippen LogP contribution >= 0.6 is 11.6 Å². The predicted molar refractivity (Wildman–Crippen MR) is 101 cm³/mol. The Hall–Kier alpha value is -2.20. The molecule has 0 aliphatic carbocycles. The molecule has 2 N–H and O–H groups in total. The molecule has 5 heteroatoms. The number of hydrogen-bond acceptors (Lipinski definition) is 4. The van der Waals surface area contributed by atoms with Gasteiger partial charge >= 0.3 is 5.97 Å². The normalized spacial score (nSPS) is 12.6. The Morgan fingerprint density at radius 2 is 1.80 bits per heavy atom. The maximum absolute atomic E-state index is 12.4. The quantitative estimate of drug-likeness (QED) is 0.580. The monoisotopic (exact) mass is 361 g/mol. The largest absolute Gasteiger partial charge is 0.506 e. The van der Waals surface area contributed by atoms with E-state index in [2.05, 4.69) is 5.32 Å². The summed E-state index contributed by atoms with van der Waals surface area (Å²) in [4.78, 5) is 12.4. The summed E-state index contributed by atoms with van der Waals surface area (Å²) in [5, 5.41) is 14.4. The van der Waals surface area contributed by atoms with Gasteiger partial charge in [-0.2, -0.15) is 0 Å². The van der Waals surface area contributed by atoms with E-state index in [4.69, 9.17) is 16.3 Å². The van der Waals surface area contributed by atoms with Gasteiger partial charge in [0.2, 0.25) is 0 Å². The standard InChI is InChI=1S/C20H24ClNO3/c1-12-10-13(2)17(23)16(11-12)22-18(20(3,4)19(24)25-5)14-6-8-15(21)9-7-14/h6-11,18,22-23H,1-5H3/t18-/m0/s1. The first kappa shape index (κ1) is 19.1. The number of esters is 1. The number of nitrogens with one attached hydrogen (secondary N) is 1. The van der Waals surface area contributed by atoms with Crippen LogP contribution in [0.3, 0.4) is 0 Å². The minimum Gasteiger partial charge on any atom is -0.506 e. The molecule has 0 aliphatic rings. The fraction of sp³-hybridized carbons (Fsp3) is 0.350. The third kappa shape index (κ3) is 4.07. The van der Waals surface area contributed by atoms with Crippen molar-refractivity contribution in [2.75, 3.05) is 12.4 Å². The molecule has 0 heterocycles. The summed E-state index contributed by atoms with van der Waals surface area (Å²) in [6, 6.07) is 10.6. The highest BCUT2D eigenvalue weighted by Crippen LogP contribution is 2.40. The zero-order valence-corrected chi connectivity index (χ0v) is 15.9. The molecule has 0 aliphatic heterocycles. The lowest BCUT2D eigenvalue weighted by Crippen LogP contribution is -2.36. The molecule has 0 aromatic heterocycles. The SMILES string of the molecule is COC(=O)C(C)(C)[C@@H](Nc1cc(C)cc(C)c1O)c1ccc(Cl)cc1. The second kappa shape index (κ2) is 7.36.